The fourth-order valence-corrected chi connectivity index (χ4v) is 3.56. The van der Waals surface area contributed by atoms with Crippen LogP contribution in [-0.4, -0.2) is 78.8 Å². The van der Waals surface area contributed by atoms with Gasteiger partial charge in [0.25, 0.3) is 0 Å². The van der Waals surface area contributed by atoms with E-state index >= 15 is 0 Å². The van der Waals surface area contributed by atoms with Gasteiger partial charge in [0.1, 0.15) is 5.60 Å². The first kappa shape index (κ1) is 24.9. The maximum absolute atomic E-state index is 12.1. The molecule has 1 aromatic heterocycles. The Morgan fingerprint density at radius 3 is 2.65 bits per heavy atom. The van der Waals surface area contributed by atoms with Crippen LogP contribution >= 0.6 is 0 Å². The van der Waals surface area contributed by atoms with Crippen molar-refractivity contribution in [3.8, 4) is 0 Å². The van der Waals surface area contributed by atoms with Crippen molar-refractivity contribution in [2.75, 3.05) is 40.3 Å². The molecule has 174 valence electrons. The second-order valence-electron chi connectivity index (χ2n) is 9.43. The summed E-state index contributed by atoms with van der Waals surface area (Å²) in [4.78, 5) is 25.0. The molecule has 8 heteroatoms. The Morgan fingerprint density at radius 2 is 2.06 bits per heavy atom. The minimum atomic E-state index is -0.480. The number of hydrogen-bond acceptors (Lipinski definition) is 5. The molecule has 1 atom stereocenters. The maximum Gasteiger partial charge on any atom is 0.410 e. The molecule has 0 aromatic carbocycles. The fraction of sp³-hybridized carbons (Fsp3) is 0.696. The predicted molar refractivity (Wildman–Crippen MR) is 125 cm³/mol. The number of carbonyl (C=O) groups is 1. The molecular formula is C23H40N6O2. The number of hydrogen-bond donors (Lipinski definition) is 2. The summed E-state index contributed by atoms with van der Waals surface area (Å²) in [5.74, 6) is 1.08. The Labute approximate surface area is 187 Å². The lowest BCUT2D eigenvalue weighted by Crippen LogP contribution is -2.49. The van der Waals surface area contributed by atoms with E-state index < -0.39 is 5.60 Å². The molecule has 0 spiro atoms. The summed E-state index contributed by atoms with van der Waals surface area (Å²) in [5, 5.41) is 6.94. The van der Waals surface area contributed by atoms with Gasteiger partial charge in [-0.3, -0.25) is 14.9 Å². The van der Waals surface area contributed by atoms with Crippen LogP contribution in [0.4, 0.5) is 4.79 Å². The molecular weight excluding hydrogens is 392 g/mol. The number of ether oxygens (including phenoxy) is 1. The molecule has 31 heavy (non-hydrogen) atoms. The van der Waals surface area contributed by atoms with E-state index in [-0.39, 0.29) is 12.0 Å². The summed E-state index contributed by atoms with van der Waals surface area (Å²) in [7, 11) is 3.57. The van der Waals surface area contributed by atoms with Gasteiger partial charge >= 0.3 is 6.09 Å². The van der Waals surface area contributed by atoms with Crippen molar-refractivity contribution < 1.29 is 9.53 Å². The fourth-order valence-electron chi connectivity index (χ4n) is 3.56. The Balaban J connectivity index is 1.68. The van der Waals surface area contributed by atoms with Crippen LogP contribution in [0.2, 0.25) is 0 Å². The molecule has 1 aromatic rings. The number of piperidine rings is 1. The van der Waals surface area contributed by atoms with E-state index in [9.17, 15) is 4.79 Å². The number of rotatable bonds is 7. The van der Waals surface area contributed by atoms with E-state index in [4.69, 9.17) is 4.74 Å². The molecule has 0 radical (unpaired) electrons. The summed E-state index contributed by atoms with van der Waals surface area (Å²) >= 11 is 0. The van der Waals surface area contributed by atoms with Gasteiger partial charge < -0.3 is 20.3 Å². The van der Waals surface area contributed by atoms with Gasteiger partial charge in [-0.15, -0.1) is 0 Å². The Hall–Kier alpha value is -2.35. The summed E-state index contributed by atoms with van der Waals surface area (Å²) in [6.45, 7) is 12.1. The highest BCUT2D eigenvalue weighted by atomic mass is 16.6. The van der Waals surface area contributed by atoms with Gasteiger partial charge in [-0.05, 0) is 51.7 Å². The van der Waals surface area contributed by atoms with Crippen molar-refractivity contribution in [1.82, 2.24) is 25.4 Å². The van der Waals surface area contributed by atoms with E-state index in [1.165, 1.54) is 0 Å². The van der Waals surface area contributed by atoms with Crippen molar-refractivity contribution in [3.63, 3.8) is 0 Å². The molecule has 0 aliphatic carbocycles. The first-order chi connectivity index (χ1) is 14.7. The molecule has 1 aliphatic heterocycles. The molecule has 1 saturated heterocycles. The standard InChI is InChI=1S/C23H40N6O2/c1-18(16-28(6)22(30)31-23(2,3)4)15-26-21(24-5)27-19-10-13-29(14-11-19)17-20-9-7-8-12-25-20/h7-9,12,18-19H,10-11,13-17H2,1-6H3,(H2,24,26,27). The summed E-state index contributed by atoms with van der Waals surface area (Å²) in [6.07, 6.45) is 3.71. The van der Waals surface area contributed by atoms with Gasteiger partial charge in [0.05, 0.1) is 5.69 Å². The Morgan fingerprint density at radius 1 is 1.35 bits per heavy atom. The van der Waals surface area contributed by atoms with Crippen LogP contribution in [-0.2, 0) is 11.3 Å². The number of guanidine groups is 1. The third kappa shape index (κ3) is 9.55. The molecule has 1 amide bonds. The van der Waals surface area contributed by atoms with Gasteiger partial charge in [0.15, 0.2) is 5.96 Å². The second-order valence-corrected chi connectivity index (χ2v) is 9.43. The highest BCUT2D eigenvalue weighted by Gasteiger charge is 2.22. The third-order valence-corrected chi connectivity index (χ3v) is 5.17. The zero-order valence-electron chi connectivity index (χ0n) is 20.0. The Bertz CT molecular complexity index is 696. The molecule has 0 saturated carbocycles. The molecule has 2 heterocycles. The van der Waals surface area contributed by atoms with E-state index in [0.717, 1.165) is 50.7 Å². The summed E-state index contributed by atoms with van der Waals surface area (Å²) < 4.78 is 5.42. The second kappa shape index (κ2) is 11.9. The van der Waals surface area contributed by atoms with Crippen molar-refractivity contribution >= 4 is 12.1 Å². The minimum Gasteiger partial charge on any atom is -0.444 e. The van der Waals surface area contributed by atoms with Crippen LogP contribution in [0, 0.1) is 5.92 Å². The van der Waals surface area contributed by atoms with Crippen molar-refractivity contribution in [1.29, 1.82) is 0 Å². The van der Waals surface area contributed by atoms with Gasteiger partial charge in [0, 0.05) is 59.1 Å². The zero-order valence-corrected chi connectivity index (χ0v) is 20.0. The molecule has 1 unspecified atom stereocenters. The number of amides is 1. The largest absolute Gasteiger partial charge is 0.444 e. The lowest BCUT2D eigenvalue weighted by atomic mass is 10.0. The number of pyridine rings is 1. The topological polar surface area (TPSA) is 82.1 Å². The van der Waals surface area contributed by atoms with E-state index in [2.05, 4.69) is 38.5 Å². The third-order valence-electron chi connectivity index (χ3n) is 5.17. The number of likely N-dealkylation sites (tertiary alicyclic amines) is 1. The molecule has 2 N–H and O–H groups in total. The van der Waals surface area contributed by atoms with Gasteiger partial charge in [-0.25, -0.2) is 4.79 Å². The number of aromatic nitrogens is 1. The SMILES string of the molecule is CN=C(NCC(C)CN(C)C(=O)OC(C)(C)C)NC1CCN(Cc2ccccn2)CC1. The van der Waals surface area contributed by atoms with E-state index in [1.807, 2.05) is 39.1 Å². The van der Waals surface area contributed by atoms with Crippen LogP contribution in [0.25, 0.3) is 0 Å². The van der Waals surface area contributed by atoms with Crippen molar-refractivity contribution in [2.24, 2.45) is 10.9 Å². The average Bonchev–Trinajstić information content (AvgIpc) is 2.71. The monoisotopic (exact) mass is 432 g/mol. The lowest BCUT2D eigenvalue weighted by Gasteiger charge is -2.33. The molecule has 0 bridgehead atoms. The molecule has 2 rings (SSSR count). The predicted octanol–water partition coefficient (Wildman–Crippen LogP) is 2.71. The molecule has 1 aliphatic rings. The molecule has 8 nitrogen and oxygen atoms in total. The zero-order chi connectivity index (χ0) is 22.9. The van der Waals surface area contributed by atoms with Crippen LogP contribution in [0.5, 0.6) is 0 Å². The summed E-state index contributed by atoms with van der Waals surface area (Å²) in [5.41, 5.74) is 0.642. The summed E-state index contributed by atoms with van der Waals surface area (Å²) in [6, 6.07) is 6.48. The number of carbonyl (C=O) groups excluding carboxylic acids is 1. The number of aliphatic imine (C=N–C) groups is 1. The Kier molecular flexibility index (Phi) is 9.55. The normalized spacial score (nSPS) is 17.2. The first-order valence-electron chi connectivity index (χ1n) is 11.2. The van der Waals surface area contributed by atoms with Crippen LogP contribution < -0.4 is 10.6 Å². The van der Waals surface area contributed by atoms with E-state index in [0.29, 0.717) is 12.6 Å². The molecule has 1 fully saturated rings. The highest BCUT2D eigenvalue weighted by molar-refractivity contribution is 5.80. The minimum absolute atomic E-state index is 0.260. The smallest absolute Gasteiger partial charge is 0.410 e. The van der Waals surface area contributed by atoms with Gasteiger partial charge in [0.2, 0.25) is 0 Å². The maximum atomic E-state index is 12.1. The lowest BCUT2D eigenvalue weighted by molar-refractivity contribution is 0.0278. The van der Waals surface area contributed by atoms with Crippen LogP contribution in [0.1, 0.15) is 46.2 Å². The van der Waals surface area contributed by atoms with E-state index in [1.54, 1.807) is 19.0 Å². The average molecular weight is 433 g/mol. The number of nitrogens with zero attached hydrogens (tertiary/aromatic N) is 4. The number of nitrogens with one attached hydrogen (secondary N) is 2. The van der Waals surface area contributed by atoms with Crippen LogP contribution in [0.15, 0.2) is 29.4 Å². The first-order valence-corrected chi connectivity index (χ1v) is 11.2. The van der Waals surface area contributed by atoms with Gasteiger partial charge in [-0.2, -0.15) is 0 Å². The van der Waals surface area contributed by atoms with Crippen molar-refractivity contribution in [2.45, 2.75) is 58.7 Å². The van der Waals surface area contributed by atoms with Crippen molar-refractivity contribution in [3.05, 3.63) is 30.1 Å². The highest BCUT2D eigenvalue weighted by Crippen LogP contribution is 2.13. The van der Waals surface area contributed by atoms with Gasteiger partial charge in [-0.1, -0.05) is 13.0 Å². The van der Waals surface area contributed by atoms with Crippen LogP contribution in [0.3, 0.4) is 0 Å². The quantitative estimate of drug-likeness (QED) is 0.509.